The van der Waals surface area contributed by atoms with Gasteiger partial charge >= 0.3 is 0 Å². The van der Waals surface area contributed by atoms with Gasteiger partial charge in [0, 0.05) is 44.6 Å². The molecular formula is C51H39N3. The van der Waals surface area contributed by atoms with E-state index in [-0.39, 0.29) is 5.41 Å². The van der Waals surface area contributed by atoms with Gasteiger partial charge in [0.1, 0.15) is 0 Å². The molecule has 54 heavy (non-hydrogen) atoms. The molecule has 0 saturated heterocycles. The lowest BCUT2D eigenvalue weighted by Crippen LogP contribution is -2.31. The summed E-state index contributed by atoms with van der Waals surface area (Å²) >= 11 is 0. The van der Waals surface area contributed by atoms with Crippen molar-refractivity contribution in [2.75, 3.05) is 9.80 Å². The number of nitrogens with zero attached hydrogens (tertiary/aromatic N) is 3. The van der Waals surface area contributed by atoms with E-state index in [9.17, 15) is 0 Å². The molecular weight excluding hydrogens is 655 g/mol. The van der Waals surface area contributed by atoms with E-state index < -0.39 is 0 Å². The number of aromatic nitrogens is 1. The maximum Gasteiger partial charge on any atom is 0.0542 e. The minimum atomic E-state index is -0.245. The number of para-hydroxylation sites is 4. The van der Waals surface area contributed by atoms with Gasteiger partial charge in [-0.1, -0.05) is 129 Å². The first kappa shape index (κ1) is 31.9. The molecule has 3 heteroatoms. The van der Waals surface area contributed by atoms with Crippen LogP contribution in [0.25, 0.3) is 38.6 Å². The highest BCUT2D eigenvalue weighted by Gasteiger charge is 2.37. The molecule has 1 aliphatic rings. The number of fused-ring (bicyclic) bond motifs is 5. The molecule has 0 fully saturated rings. The van der Waals surface area contributed by atoms with Crippen molar-refractivity contribution in [1.29, 1.82) is 0 Å². The van der Waals surface area contributed by atoms with Crippen LogP contribution in [0.5, 0.6) is 0 Å². The van der Waals surface area contributed by atoms with Gasteiger partial charge in [0.05, 0.1) is 22.4 Å². The standard InChI is InChI=1S/C51H39N3/c1-51(2)45-23-13-15-25-49(45)54(41-30-32-48-44(34-41)43-22-12-14-24-47(43)53(48)39-20-10-5-11-21-39)50-33-31-42(35-46(50)51)52(38-18-8-4-9-19-38)40-28-26-37(27-29-40)36-16-6-3-7-17-36/h3-35H,1-2H3. The van der Waals surface area contributed by atoms with E-state index in [4.69, 9.17) is 0 Å². The Morgan fingerprint density at radius 2 is 0.963 bits per heavy atom. The van der Waals surface area contributed by atoms with Gasteiger partial charge in [-0.25, -0.2) is 0 Å². The Morgan fingerprint density at radius 3 is 1.74 bits per heavy atom. The Balaban J connectivity index is 1.14. The lowest BCUT2D eigenvalue weighted by atomic mass is 9.73. The average Bonchev–Trinajstić information content (AvgIpc) is 3.56. The molecule has 8 aromatic carbocycles. The molecule has 0 atom stereocenters. The highest BCUT2D eigenvalue weighted by molar-refractivity contribution is 6.11. The van der Waals surface area contributed by atoms with Crippen molar-refractivity contribution >= 4 is 55.9 Å². The number of anilines is 6. The largest absolute Gasteiger partial charge is 0.310 e. The van der Waals surface area contributed by atoms with Gasteiger partial charge in [0.25, 0.3) is 0 Å². The molecule has 0 unspecified atom stereocenters. The van der Waals surface area contributed by atoms with Crippen molar-refractivity contribution in [3.63, 3.8) is 0 Å². The highest BCUT2D eigenvalue weighted by atomic mass is 15.2. The monoisotopic (exact) mass is 693 g/mol. The Kier molecular flexibility index (Phi) is 7.48. The Hall–Kier alpha value is -6.84. The highest BCUT2D eigenvalue weighted by Crippen LogP contribution is 2.54. The molecule has 3 nitrogen and oxygen atoms in total. The van der Waals surface area contributed by atoms with E-state index in [1.54, 1.807) is 0 Å². The first-order valence-electron chi connectivity index (χ1n) is 18.7. The van der Waals surface area contributed by atoms with Crippen molar-refractivity contribution in [2.24, 2.45) is 0 Å². The minimum Gasteiger partial charge on any atom is -0.310 e. The van der Waals surface area contributed by atoms with E-state index >= 15 is 0 Å². The first-order valence-corrected chi connectivity index (χ1v) is 18.7. The zero-order chi connectivity index (χ0) is 36.2. The summed E-state index contributed by atoms with van der Waals surface area (Å²) in [4.78, 5) is 4.84. The number of rotatable bonds is 6. The molecule has 0 aliphatic carbocycles. The lowest BCUT2D eigenvalue weighted by Gasteiger charge is -2.42. The van der Waals surface area contributed by atoms with E-state index in [1.807, 2.05) is 0 Å². The Labute approximate surface area is 316 Å². The molecule has 0 spiro atoms. The second-order valence-corrected chi connectivity index (χ2v) is 14.7. The molecule has 2 heterocycles. The van der Waals surface area contributed by atoms with Gasteiger partial charge in [-0.2, -0.15) is 0 Å². The van der Waals surface area contributed by atoms with Gasteiger partial charge in [0.15, 0.2) is 0 Å². The fourth-order valence-electron chi connectivity index (χ4n) is 8.52. The van der Waals surface area contributed by atoms with Gasteiger partial charge in [-0.05, 0) is 107 Å². The van der Waals surface area contributed by atoms with E-state index in [0.717, 1.165) is 28.4 Å². The number of hydrogen-bond donors (Lipinski definition) is 0. The van der Waals surface area contributed by atoms with Crippen LogP contribution in [-0.4, -0.2) is 4.57 Å². The predicted octanol–water partition coefficient (Wildman–Crippen LogP) is 14.0. The van der Waals surface area contributed by atoms with Crippen LogP contribution in [0.2, 0.25) is 0 Å². The van der Waals surface area contributed by atoms with E-state index in [0.29, 0.717) is 0 Å². The zero-order valence-corrected chi connectivity index (χ0v) is 30.4. The average molecular weight is 694 g/mol. The molecule has 1 aliphatic heterocycles. The van der Waals surface area contributed by atoms with Crippen molar-refractivity contribution in [1.82, 2.24) is 4.57 Å². The lowest BCUT2D eigenvalue weighted by molar-refractivity contribution is 0.632. The maximum absolute atomic E-state index is 2.47. The van der Waals surface area contributed by atoms with Crippen molar-refractivity contribution in [3.8, 4) is 16.8 Å². The molecule has 10 rings (SSSR count). The van der Waals surface area contributed by atoms with Crippen molar-refractivity contribution < 1.29 is 0 Å². The van der Waals surface area contributed by atoms with Crippen LogP contribution in [0.1, 0.15) is 25.0 Å². The van der Waals surface area contributed by atoms with Crippen molar-refractivity contribution in [3.05, 3.63) is 211 Å². The summed E-state index contributed by atoms with van der Waals surface area (Å²) in [6, 6.07) is 72.6. The smallest absolute Gasteiger partial charge is 0.0542 e. The molecule has 0 radical (unpaired) electrons. The molecule has 0 saturated carbocycles. The SMILES string of the molecule is CC1(C)c2ccccc2N(c2ccc3c(c2)c2ccccc2n3-c2ccccc2)c2ccc(N(c3ccccc3)c3ccc(-c4ccccc4)cc3)cc21. The fraction of sp³-hybridized carbons (Fsp3) is 0.0588. The minimum absolute atomic E-state index is 0.245. The van der Waals surface area contributed by atoms with Crippen LogP contribution in [0.15, 0.2) is 200 Å². The summed E-state index contributed by atoms with van der Waals surface area (Å²) in [5.41, 5.74) is 15.3. The van der Waals surface area contributed by atoms with Gasteiger partial charge in [0.2, 0.25) is 0 Å². The maximum atomic E-state index is 2.47. The van der Waals surface area contributed by atoms with E-state index in [1.165, 1.54) is 55.4 Å². The summed E-state index contributed by atoms with van der Waals surface area (Å²) < 4.78 is 2.38. The van der Waals surface area contributed by atoms with Crippen LogP contribution in [0, 0.1) is 0 Å². The normalized spacial score (nSPS) is 13.1. The molecule has 0 N–H and O–H groups in total. The van der Waals surface area contributed by atoms with Crippen LogP contribution in [0.3, 0.4) is 0 Å². The van der Waals surface area contributed by atoms with Crippen LogP contribution in [0.4, 0.5) is 34.1 Å². The number of benzene rings is 8. The molecule has 1 aromatic heterocycles. The Morgan fingerprint density at radius 1 is 0.389 bits per heavy atom. The summed E-state index contributed by atoms with van der Waals surface area (Å²) in [7, 11) is 0. The molecule has 0 bridgehead atoms. The van der Waals surface area contributed by atoms with Gasteiger partial charge < -0.3 is 14.4 Å². The summed E-state index contributed by atoms with van der Waals surface area (Å²) in [6.45, 7) is 4.73. The fourth-order valence-corrected chi connectivity index (χ4v) is 8.52. The first-order chi connectivity index (χ1) is 26.6. The zero-order valence-electron chi connectivity index (χ0n) is 30.4. The topological polar surface area (TPSA) is 11.4 Å². The molecule has 0 amide bonds. The van der Waals surface area contributed by atoms with Gasteiger partial charge in [-0.3, -0.25) is 0 Å². The van der Waals surface area contributed by atoms with Crippen LogP contribution < -0.4 is 9.80 Å². The van der Waals surface area contributed by atoms with Crippen molar-refractivity contribution in [2.45, 2.75) is 19.3 Å². The summed E-state index contributed by atoms with van der Waals surface area (Å²) in [5, 5.41) is 2.48. The predicted molar refractivity (Wildman–Crippen MR) is 228 cm³/mol. The summed E-state index contributed by atoms with van der Waals surface area (Å²) in [6.07, 6.45) is 0. The quantitative estimate of drug-likeness (QED) is 0.172. The molecule has 258 valence electrons. The third kappa shape index (κ3) is 5.12. The van der Waals surface area contributed by atoms with Gasteiger partial charge in [-0.15, -0.1) is 0 Å². The third-order valence-corrected chi connectivity index (χ3v) is 11.1. The summed E-state index contributed by atoms with van der Waals surface area (Å²) in [5.74, 6) is 0. The Bertz CT molecular complexity index is 2780. The second-order valence-electron chi connectivity index (χ2n) is 14.7. The van der Waals surface area contributed by atoms with Crippen LogP contribution >= 0.6 is 0 Å². The van der Waals surface area contributed by atoms with Crippen LogP contribution in [-0.2, 0) is 5.41 Å². The van der Waals surface area contributed by atoms with E-state index in [2.05, 4.69) is 228 Å². The second kappa shape index (κ2) is 12.7. The molecule has 9 aromatic rings. The number of hydrogen-bond acceptors (Lipinski definition) is 2. The third-order valence-electron chi connectivity index (χ3n) is 11.1.